The quantitative estimate of drug-likeness (QED) is 0.542. The van der Waals surface area contributed by atoms with E-state index in [4.69, 9.17) is 30.5 Å². The normalized spacial score (nSPS) is 17.6. The van der Waals surface area contributed by atoms with Crippen LogP contribution in [0.4, 0.5) is 10.6 Å². The largest absolute Gasteiger partial charge is 0.494 e. The summed E-state index contributed by atoms with van der Waals surface area (Å²) in [5, 5.41) is 3.15. The van der Waals surface area contributed by atoms with Crippen molar-refractivity contribution >= 4 is 35.0 Å². The SMILES string of the molecule is COc1cc(CC(=O)Nc2cc(O[C@@H]3CCOC3)c(Cl)cn2)cnc1C1=CCN(C(=O)OC(C)(C)C)CC1. The van der Waals surface area contributed by atoms with E-state index in [1.54, 1.807) is 30.3 Å². The van der Waals surface area contributed by atoms with Crippen LogP contribution in [0.5, 0.6) is 11.5 Å². The zero-order valence-corrected chi connectivity index (χ0v) is 22.8. The first-order valence-corrected chi connectivity index (χ1v) is 12.9. The minimum atomic E-state index is -0.543. The van der Waals surface area contributed by atoms with Crippen molar-refractivity contribution in [2.75, 3.05) is 38.7 Å². The van der Waals surface area contributed by atoms with Gasteiger partial charge in [-0.25, -0.2) is 9.78 Å². The van der Waals surface area contributed by atoms with Crippen molar-refractivity contribution in [2.24, 2.45) is 0 Å². The summed E-state index contributed by atoms with van der Waals surface area (Å²) in [5.41, 5.74) is 1.81. The molecule has 0 aliphatic carbocycles. The highest BCUT2D eigenvalue weighted by atomic mass is 35.5. The Morgan fingerprint density at radius 3 is 2.68 bits per heavy atom. The molecule has 0 radical (unpaired) electrons. The first-order valence-electron chi connectivity index (χ1n) is 12.5. The van der Waals surface area contributed by atoms with Gasteiger partial charge in [0.25, 0.3) is 0 Å². The van der Waals surface area contributed by atoms with Gasteiger partial charge in [-0.1, -0.05) is 17.7 Å². The zero-order valence-electron chi connectivity index (χ0n) is 22.1. The summed E-state index contributed by atoms with van der Waals surface area (Å²) in [5.74, 6) is 1.08. The summed E-state index contributed by atoms with van der Waals surface area (Å²) in [7, 11) is 1.56. The van der Waals surface area contributed by atoms with E-state index in [0.29, 0.717) is 66.3 Å². The van der Waals surface area contributed by atoms with Crippen LogP contribution in [0.3, 0.4) is 0 Å². The van der Waals surface area contributed by atoms with Crippen LogP contribution in [-0.4, -0.2) is 72.0 Å². The molecular weight excluding hydrogens is 512 g/mol. The van der Waals surface area contributed by atoms with Gasteiger partial charge in [0.05, 0.1) is 32.9 Å². The molecule has 11 heteroatoms. The lowest BCUT2D eigenvalue weighted by Gasteiger charge is -2.29. The second-order valence-corrected chi connectivity index (χ2v) is 10.5. The predicted molar refractivity (Wildman–Crippen MR) is 143 cm³/mol. The Bertz CT molecular complexity index is 1210. The van der Waals surface area contributed by atoms with Crippen molar-refractivity contribution in [3.05, 3.63) is 46.9 Å². The van der Waals surface area contributed by atoms with Crippen LogP contribution in [0.15, 0.2) is 30.6 Å². The van der Waals surface area contributed by atoms with Crippen molar-refractivity contribution in [3.63, 3.8) is 0 Å². The van der Waals surface area contributed by atoms with Crippen LogP contribution in [0.1, 0.15) is 44.9 Å². The molecule has 10 nitrogen and oxygen atoms in total. The fourth-order valence-corrected chi connectivity index (χ4v) is 4.24. The van der Waals surface area contributed by atoms with Crippen LogP contribution in [0.2, 0.25) is 5.02 Å². The van der Waals surface area contributed by atoms with E-state index in [-0.39, 0.29) is 24.5 Å². The summed E-state index contributed by atoms with van der Waals surface area (Å²) in [4.78, 5) is 35.5. The molecule has 4 rings (SSSR count). The Labute approximate surface area is 227 Å². The number of carbonyl (C=O) groups excluding carboxylic acids is 2. The molecule has 2 aromatic heterocycles. The van der Waals surface area contributed by atoms with Gasteiger partial charge in [0, 0.05) is 31.8 Å². The average molecular weight is 545 g/mol. The van der Waals surface area contributed by atoms with Crippen molar-refractivity contribution in [1.82, 2.24) is 14.9 Å². The minimum Gasteiger partial charge on any atom is -0.494 e. The van der Waals surface area contributed by atoms with Gasteiger partial charge in [-0.05, 0) is 44.4 Å². The molecule has 1 N–H and O–H groups in total. The molecule has 0 saturated carbocycles. The maximum atomic E-state index is 12.7. The highest BCUT2D eigenvalue weighted by Gasteiger charge is 2.25. The third-order valence-electron chi connectivity index (χ3n) is 5.93. The summed E-state index contributed by atoms with van der Waals surface area (Å²) >= 11 is 6.21. The first-order chi connectivity index (χ1) is 18.1. The predicted octanol–water partition coefficient (Wildman–Crippen LogP) is 4.51. The topological polar surface area (TPSA) is 112 Å². The van der Waals surface area contributed by atoms with E-state index in [1.165, 1.54) is 6.20 Å². The number of anilines is 1. The van der Waals surface area contributed by atoms with Gasteiger partial charge in [0.1, 0.15) is 39.7 Å². The molecule has 4 heterocycles. The maximum Gasteiger partial charge on any atom is 0.410 e. The molecule has 0 unspecified atom stereocenters. The molecule has 38 heavy (non-hydrogen) atoms. The number of carbonyl (C=O) groups is 2. The number of methoxy groups -OCH3 is 1. The smallest absolute Gasteiger partial charge is 0.410 e. The lowest BCUT2D eigenvalue weighted by Crippen LogP contribution is -2.39. The average Bonchev–Trinajstić information content (AvgIpc) is 3.38. The standard InChI is InChI=1S/C27H33ClN4O6/c1-27(2,3)38-26(34)32-8-5-18(6-9-32)25-22(35-4)11-17(14-30-25)12-24(33)31-23-13-21(20(28)15-29-23)37-19-7-10-36-16-19/h5,11,13-15,19H,6-10,12,16H2,1-4H3,(H,29,31,33)/t19-/m1/s1. The Balaban J connectivity index is 1.38. The van der Waals surface area contributed by atoms with Gasteiger partial charge in [-0.15, -0.1) is 0 Å². The Morgan fingerprint density at radius 1 is 1.21 bits per heavy atom. The lowest BCUT2D eigenvalue weighted by molar-refractivity contribution is -0.115. The number of rotatable bonds is 7. The number of aromatic nitrogens is 2. The van der Waals surface area contributed by atoms with Crippen molar-refractivity contribution in [3.8, 4) is 11.5 Å². The molecule has 0 aromatic carbocycles. The van der Waals surface area contributed by atoms with E-state index < -0.39 is 5.60 Å². The number of nitrogens with one attached hydrogen (secondary N) is 1. The van der Waals surface area contributed by atoms with Gasteiger partial charge < -0.3 is 29.2 Å². The van der Waals surface area contributed by atoms with Crippen molar-refractivity contribution < 1.29 is 28.5 Å². The monoisotopic (exact) mass is 544 g/mol. The number of nitrogens with zero attached hydrogens (tertiary/aromatic N) is 3. The Kier molecular flexibility index (Phi) is 8.73. The number of ether oxygens (including phenoxy) is 4. The van der Waals surface area contributed by atoms with Crippen molar-refractivity contribution in [2.45, 2.75) is 51.7 Å². The van der Waals surface area contributed by atoms with Gasteiger partial charge in [-0.2, -0.15) is 0 Å². The van der Waals surface area contributed by atoms with Crippen LogP contribution >= 0.6 is 11.6 Å². The number of pyridine rings is 2. The van der Waals surface area contributed by atoms with E-state index >= 15 is 0 Å². The number of hydrogen-bond acceptors (Lipinski definition) is 8. The highest BCUT2D eigenvalue weighted by Crippen LogP contribution is 2.31. The molecule has 0 spiro atoms. The summed E-state index contributed by atoms with van der Waals surface area (Å²) in [6.45, 7) is 7.63. The lowest BCUT2D eigenvalue weighted by atomic mass is 10.0. The van der Waals surface area contributed by atoms with Gasteiger partial charge in [0.2, 0.25) is 5.91 Å². The van der Waals surface area contributed by atoms with Gasteiger partial charge in [-0.3, -0.25) is 9.78 Å². The maximum absolute atomic E-state index is 12.7. The number of hydrogen-bond donors (Lipinski definition) is 1. The Morgan fingerprint density at radius 2 is 2.03 bits per heavy atom. The number of amides is 2. The molecular formula is C27H33ClN4O6. The number of halogens is 1. The summed E-state index contributed by atoms with van der Waals surface area (Å²) in [6, 6.07) is 3.41. The summed E-state index contributed by atoms with van der Waals surface area (Å²) < 4.78 is 22.2. The fraction of sp³-hybridized carbons (Fsp3) is 0.481. The molecule has 1 saturated heterocycles. The van der Waals surface area contributed by atoms with Crippen molar-refractivity contribution in [1.29, 1.82) is 0 Å². The first kappa shape index (κ1) is 27.7. The van der Waals surface area contributed by atoms with Gasteiger partial charge in [0.15, 0.2) is 0 Å². The molecule has 1 fully saturated rings. The molecule has 2 amide bonds. The Hall–Kier alpha value is -3.37. The molecule has 2 aliphatic heterocycles. The van der Waals surface area contributed by atoms with E-state index in [1.807, 2.05) is 26.8 Å². The third kappa shape index (κ3) is 7.35. The third-order valence-corrected chi connectivity index (χ3v) is 6.21. The highest BCUT2D eigenvalue weighted by molar-refractivity contribution is 6.32. The molecule has 204 valence electrons. The fourth-order valence-electron chi connectivity index (χ4n) is 4.09. The van der Waals surface area contributed by atoms with Crippen LogP contribution in [0.25, 0.3) is 5.57 Å². The molecule has 2 aliphatic rings. The second kappa shape index (κ2) is 12.0. The van der Waals surface area contributed by atoms with Crippen LogP contribution < -0.4 is 14.8 Å². The van der Waals surface area contributed by atoms with Crippen LogP contribution in [0, 0.1) is 0 Å². The van der Waals surface area contributed by atoms with E-state index in [9.17, 15) is 9.59 Å². The molecule has 0 bridgehead atoms. The minimum absolute atomic E-state index is 0.0739. The summed E-state index contributed by atoms with van der Waals surface area (Å²) in [6.07, 6.45) is 6.11. The van der Waals surface area contributed by atoms with E-state index in [0.717, 1.165) is 12.0 Å². The van der Waals surface area contributed by atoms with Crippen LogP contribution in [-0.2, 0) is 20.7 Å². The second-order valence-electron chi connectivity index (χ2n) is 10.1. The van der Waals surface area contributed by atoms with Gasteiger partial charge >= 0.3 is 6.09 Å². The molecule has 1 atom stereocenters. The molecule has 2 aromatic rings. The van der Waals surface area contributed by atoms with E-state index in [2.05, 4.69) is 15.3 Å². The zero-order chi connectivity index (χ0) is 27.3.